The van der Waals surface area contributed by atoms with Crippen molar-refractivity contribution in [3.8, 4) is 5.75 Å². The Morgan fingerprint density at radius 1 is 1.30 bits per heavy atom. The van der Waals surface area contributed by atoms with E-state index in [0.29, 0.717) is 5.90 Å². The van der Waals surface area contributed by atoms with E-state index in [-0.39, 0.29) is 17.9 Å². The summed E-state index contributed by atoms with van der Waals surface area (Å²) in [6, 6.07) is 1.61. The summed E-state index contributed by atoms with van der Waals surface area (Å²) in [7, 11) is 3.71. The average Bonchev–Trinajstić information content (AvgIpc) is 3.10. The van der Waals surface area contributed by atoms with Gasteiger partial charge in [0.25, 0.3) is 0 Å². The summed E-state index contributed by atoms with van der Waals surface area (Å²) in [6.45, 7) is 8.03. The molecule has 3 rings (SSSR count). The molecule has 0 aromatic heterocycles. The number of carbonyl (C=O) groups is 1. The topological polar surface area (TPSA) is 51.1 Å². The van der Waals surface area contributed by atoms with Crippen molar-refractivity contribution < 1.29 is 14.3 Å². The molecule has 1 aromatic rings. The van der Waals surface area contributed by atoms with Crippen LogP contribution in [-0.2, 0) is 9.53 Å². The fourth-order valence-corrected chi connectivity index (χ4v) is 3.49. The second-order valence-corrected chi connectivity index (χ2v) is 6.64. The zero-order valence-corrected chi connectivity index (χ0v) is 14.5. The van der Waals surface area contributed by atoms with Crippen molar-refractivity contribution in [1.82, 2.24) is 4.90 Å². The van der Waals surface area contributed by atoms with Gasteiger partial charge < -0.3 is 14.4 Å². The average molecular weight is 316 g/mol. The first-order valence-electron chi connectivity index (χ1n) is 8.05. The highest BCUT2D eigenvalue weighted by molar-refractivity contribution is 6.08. The van der Waals surface area contributed by atoms with Crippen molar-refractivity contribution in [1.29, 1.82) is 0 Å². The van der Waals surface area contributed by atoms with Crippen LogP contribution in [0, 0.1) is 26.7 Å². The molecule has 0 radical (unpaired) electrons. The molecule has 0 bridgehead atoms. The van der Waals surface area contributed by atoms with Gasteiger partial charge in [0.1, 0.15) is 5.75 Å². The lowest BCUT2D eigenvalue weighted by molar-refractivity contribution is -0.136. The van der Waals surface area contributed by atoms with E-state index in [1.807, 2.05) is 19.9 Å². The Kier molecular flexibility index (Phi) is 4.15. The molecular weight excluding hydrogens is 292 g/mol. The van der Waals surface area contributed by atoms with Crippen molar-refractivity contribution in [3.63, 3.8) is 0 Å². The third-order valence-corrected chi connectivity index (χ3v) is 5.10. The molecule has 0 amide bonds. The first-order valence-corrected chi connectivity index (χ1v) is 8.05. The summed E-state index contributed by atoms with van der Waals surface area (Å²) in [5.74, 6) is 1.14. The van der Waals surface area contributed by atoms with Gasteiger partial charge in [-0.15, -0.1) is 0 Å². The Balaban J connectivity index is 1.98. The maximum Gasteiger partial charge on any atom is 0.338 e. The standard InChI is InChI=1S/C18H24N2O3/c1-10-8-14(16(22-5)12(3)11(10)2)17-19-15(18(21)23-17)13-6-7-20(4)9-13/h8,13,15H,6-7,9H2,1-5H3. The summed E-state index contributed by atoms with van der Waals surface area (Å²) in [6.07, 6.45) is 0.982. The number of benzene rings is 1. The molecule has 0 N–H and O–H groups in total. The fraction of sp³-hybridized carbons (Fsp3) is 0.556. The first-order chi connectivity index (χ1) is 10.9. The number of aryl methyl sites for hydroxylation is 1. The maximum absolute atomic E-state index is 12.3. The number of hydrogen-bond acceptors (Lipinski definition) is 5. The van der Waals surface area contributed by atoms with Crippen LogP contribution in [0.1, 0.15) is 28.7 Å². The predicted molar refractivity (Wildman–Crippen MR) is 89.2 cm³/mol. The lowest BCUT2D eigenvalue weighted by Crippen LogP contribution is -2.27. The number of carbonyl (C=O) groups excluding carboxylic acids is 1. The smallest absolute Gasteiger partial charge is 0.338 e. The van der Waals surface area contributed by atoms with E-state index in [1.54, 1.807) is 7.11 Å². The molecule has 0 spiro atoms. The predicted octanol–water partition coefficient (Wildman–Crippen LogP) is 2.24. The van der Waals surface area contributed by atoms with Crippen molar-refractivity contribution in [2.45, 2.75) is 33.2 Å². The molecular formula is C18H24N2O3. The number of hydrogen-bond donors (Lipinski definition) is 0. The van der Waals surface area contributed by atoms with Crippen LogP contribution in [0.3, 0.4) is 0 Å². The van der Waals surface area contributed by atoms with Crippen molar-refractivity contribution in [2.24, 2.45) is 10.9 Å². The van der Waals surface area contributed by atoms with Crippen LogP contribution < -0.4 is 4.74 Å². The molecule has 1 aromatic carbocycles. The number of ether oxygens (including phenoxy) is 2. The van der Waals surface area contributed by atoms with E-state index >= 15 is 0 Å². The molecule has 1 fully saturated rings. The minimum atomic E-state index is -0.387. The molecule has 2 unspecified atom stereocenters. The van der Waals surface area contributed by atoms with Gasteiger partial charge in [0, 0.05) is 12.5 Å². The van der Waals surface area contributed by atoms with Gasteiger partial charge in [-0.25, -0.2) is 9.79 Å². The highest BCUT2D eigenvalue weighted by Crippen LogP contribution is 2.33. The monoisotopic (exact) mass is 316 g/mol. The Bertz CT molecular complexity index is 681. The van der Waals surface area contributed by atoms with E-state index in [1.165, 1.54) is 5.56 Å². The Morgan fingerprint density at radius 2 is 2.04 bits per heavy atom. The summed E-state index contributed by atoms with van der Waals surface area (Å²) >= 11 is 0. The number of rotatable bonds is 3. The second kappa shape index (κ2) is 5.96. The van der Waals surface area contributed by atoms with E-state index in [4.69, 9.17) is 9.47 Å². The normalized spacial score (nSPS) is 24.7. The molecule has 2 aliphatic rings. The minimum Gasteiger partial charge on any atom is -0.496 e. The molecule has 2 heterocycles. The van der Waals surface area contributed by atoms with Gasteiger partial charge in [-0.05, 0) is 63.5 Å². The van der Waals surface area contributed by atoms with Gasteiger partial charge in [-0.3, -0.25) is 0 Å². The van der Waals surface area contributed by atoms with Gasteiger partial charge in [0.15, 0.2) is 6.04 Å². The molecule has 5 heteroatoms. The Hall–Kier alpha value is -1.88. The lowest BCUT2D eigenvalue weighted by atomic mass is 9.98. The SMILES string of the molecule is COc1c(C2=NC(C3CCN(C)C3)C(=O)O2)cc(C)c(C)c1C. The molecule has 0 aliphatic carbocycles. The highest BCUT2D eigenvalue weighted by atomic mass is 16.6. The molecule has 1 saturated heterocycles. The summed E-state index contributed by atoms with van der Waals surface area (Å²) in [4.78, 5) is 19.1. The number of cyclic esters (lactones) is 1. The maximum atomic E-state index is 12.3. The van der Waals surface area contributed by atoms with Crippen molar-refractivity contribution in [3.05, 3.63) is 28.3 Å². The summed E-state index contributed by atoms with van der Waals surface area (Å²) < 4.78 is 11.1. The minimum absolute atomic E-state index is 0.238. The first kappa shape index (κ1) is 16.0. The van der Waals surface area contributed by atoms with Crippen LogP contribution >= 0.6 is 0 Å². The number of methoxy groups -OCH3 is 1. The van der Waals surface area contributed by atoms with E-state index < -0.39 is 0 Å². The second-order valence-electron chi connectivity index (χ2n) is 6.64. The van der Waals surface area contributed by atoms with E-state index in [9.17, 15) is 4.79 Å². The fourth-order valence-electron chi connectivity index (χ4n) is 3.49. The zero-order chi connectivity index (χ0) is 16.7. The van der Waals surface area contributed by atoms with Gasteiger partial charge in [0.05, 0.1) is 12.7 Å². The molecule has 2 atom stereocenters. The van der Waals surface area contributed by atoms with Crippen LogP contribution in [0.25, 0.3) is 0 Å². The van der Waals surface area contributed by atoms with Crippen LogP contribution in [0.5, 0.6) is 5.75 Å². The quantitative estimate of drug-likeness (QED) is 0.803. The third kappa shape index (κ3) is 2.74. The number of nitrogens with zero attached hydrogens (tertiary/aromatic N) is 2. The molecule has 5 nitrogen and oxygen atoms in total. The number of likely N-dealkylation sites (tertiary alicyclic amines) is 1. The number of esters is 1. The van der Waals surface area contributed by atoms with E-state index in [2.05, 4.69) is 23.9 Å². The molecule has 0 saturated carbocycles. The van der Waals surface area contributed by atoms with Crippen LogP contribution in [-0.4, -0.2) is 50.1 Å². The third-order valence-electron chi connectivity index (χ3n) is 5.10. The molecule has 124 valence electrons. The van der Waals surface area contributed by atoms with Crippen molar-refractivity contribution in [2.75, 3.05) is 27.2 Å². The summed E-state index contributed by atoms with van der Waals surface area (Å²) in [5, 5.41) is 0. The lowest BCUT2D eigenvalue weighted by Gasteiger charge is -2.15. The van der Waals surface area contributed by atoms with Crippen LogP contribution in [0.4, 0.5) is 0 Å². The van der Waals surface area contributed by atoms with E-state index in [0.717, 1.165) is 42.0 Å². The number of aliphatic imine (C=N–C) groups is 1. The van der Waals surface area contributed by atoms with Gasteiger partial charge in [0.2, 0.25) is 5.90 Å². The van der Waals surface area contributed by atoms with Crippen LogP contribution in [0.2, 0.25) is 0 Å². The van der Waals surface area contributed by atoms with Gasteiger partial charge in [-0.2, -0.15) is 0 Å². The van der Waals surface area contributed by atoms with Gasteiger partial charge >= 0.3 is 5.97 Å². The van der Waals surface area contributed by atoms with Crippen LogP contribution in [0.15, 0.2) is 11.1 Å². The highest BCUT2D eigenvalue weighted by Gasteiger charge is 2.39. The molecule has 2 aliphatic heterocycles. The Labute approximate surface area is 137 Å². The summed E-state index contributed by atoms with van der Waals surface area (Å²) in [5.41, 5.74) is 4.16. The van der Waals surface area contributed by atoms with Crippen molar-refractivity contribution >= 4 is 11.9 Å². The zero-order valence-electron chi connectivity index (χ0n) is 14.5. The molecule has 23 heavy (non-hydrogen) atoms. The Morgan fingerprint density at radius 3 is 2.65 bits per heavy atom. The van der Waals surface area contributed by atoms with Gasteiger partial charge in [-0.1, -0.05) is 0 Å². The largest absolute Gasteiger partial charge is 0.496 e.